The molecule has 1 N–H and O–H groups in total. The van der Waals surface area contributed by atoms with Crippen molar-refractivity contribution in [3.05, 3.63) is 65.7 Å². The van der Waals surface area contributed by atoms with Gasteiger partial charge in [0.05, 0.1) is 17.4 Å². The molecule has 0 fully saturated rings. The first kappa shape index (κ1) is 18.1. The van der Waals surface area contributed by atoms with Crippen LogP contribution in [0.15, 0.2) is 58.2 Å². The number of hydrogen-bond donors (Lipinski definition) is 1. The number of aromatic nitrogens is 2. The highest BCUT2D eigenvalue weighted by Crippen LogP contribution is 2.25. The SMILES string of the molecule is C[C@@H](NC(=O)CSc1nnc(-c2ccccc2F)o1)c1ccc(F)cc1. The van der Waals surface area contributed by atoms with Gasteiger partial charge in [-0.3, -0.25) is 4.79 Å². The van der Waals surface area contributed by atoms with Gasteiger partial charge in [-0.05, 0) is 36.8 Å². The molecule has 1 amide bonds. The Labute approximate surface area is 152 Å². The third-order valence-corrected chi connectivity index (χ3v) is 4.40. The second kappa shape index (κ2) is 8.09. The fraction of sp³-hybridized carbons (Fsp3) is 0.167. The molecule has 26 heavy (non-hydrogen) atoms. The third-order valence-electron chi connectivity index (χ3n) is 3.58. The Morgan fingerprint density at radius 1 is 1.15 bits per heavy atom. The largest absolute Gasteiger partial charge is 0.411 e. The quantitative estimate of drug-likeness (QED) is 0.660. The molecule has 0 unspecified atom stereocenters. The number of nitrogens with zero attached hydrogens (tertiary/aromatic N) is 2. The first-order valence-electron chi connectivity index (χ1n) is 7.79. The molecule has 0 bridgehead atoms. The predicted molar refractivity (Wildman–Crippen MR) is 93.4 cm³/mol. The average molecular weight is 375 g/mol. The van der Waals surface area contributed by atoms with E-state index in [1.54, 1.807) is 31.2 Å². The maximum atomic E-state index is 13.7. The van der Waals surface area contributed by atoms with E-state index in [1.807, 2.05) is 0 Å². The molecule has 0 spiro atoms. The Hall–Kier alpha value is -2.74. The Bertz CT molecular complexity index is 899. The molecule has 8 heteroatoms. The van der Waals surface area contributed by atoms with Crippen molar-refractivity contribution in [2.45, 2.75) is 18.2 Å². The Kier molecular flexibility index (Phi) is 5.62. The lowest BCUT2D eigenvalue weighted by Crippen LogP contribution is -2.28. The van der Waals surface area contributed by atoms with Crippen molar-refractivity contribution >= 4 is 17.7 Å². The minimum atomic E-state index is -0.460. The van der Waals surface area contributed by atoms with Crippen molar-refractivity contribution in [1.82, 2.24) is 15.5 Å². The summed E-state index contributed by atoms with van der Waals surface area (Å²) in [5.74, 6) is -0.906. The lowest BCUT2D eigenvalue weighted by atomic mass is 10.1. The molecule has 3 rings (SSSR count). The molecule has 1 heterocycles. The van der Waals surface area contributed by atoms with Gasteiger partial charge in [-0.15, -0.1) is 10.2 Å². The minimum Gasteiger partial charge on any atom is -0.411 e. The van der Waals surface area contributed by atoms with Crippen LogP contribution in [0.4, 0.5) is 8.78 Å². The number of benzene rings is 2. The molecule has 0 aliphatic carbocycles. The van der Waals surface area contributed by atoms with E-state index in [1.165, 1.54) is 24.3 Å². The number of rotatable bonds is 6. The van der Waals surface area contributed by atoms with Crippen molar-refractivity contribution in [2.24, 2.45) is 0 Å². The third kappa shape index (κ3) is 4.45. The van der Waals surface area contributed by atoms with E-state index in [0.717, 1.165) is 17.3 Å². The maximum Gasteiger partial charge on any atom is 0.277 e. The van der Waals surface area contributed by atoms with Crippen LogP contribution in [0.25, 0.3) is 11.5 Å². The highest BCUT2D eigenvalue weighted by Gasteiger charge is 2.15. The minimum absolute atomic E-state index is 0.0600. The number of hydrogen-bond acceptors (Lipinski definition) is 5. The van der Waals surface area contributed by atoms with Crippen LogP contribution in [0.1, 0.15) is 18.5 Å². The van der Waals surface area contributed by atoms with Gasteiger partial charge >= 0.3 is 0 Å². The average Bonchev–Trinajstić information content (AvgIpc) is 3.09. The maximum absolute atomic E-state index is 13.7. The van der Waals surface area contributed by atoms with Crippen LogP contribution < -0.4 is 5.32 Å². The predicted octanol–water partition coefficient (Wildman–Crippen LogP) is 3.98. The fourth-order valence-electron chi connectivity index (χ4n) is 2.26. The van der Waals surface area contributed by atoms with Gasteiger partial charge in [-0.25, -0.2) is 8.78 Å². The van der Waals surface area contributed by atoms with Crippen LogP contribution in [-0.4, -0.2) is 21.9 Å². The van der Waals surface area contributed by atoms with Gasteiger partial charge in [0.25, 0.3) is 11.1 Å². The fourth-order valence-corrected chi connectivity index (χ4v) is 2.83. The molecule has 3 aromatic rings. The van der Waals surface area contributed by atoms with Crippen molar-refractivity contribution in [3.8, 4) is 11.5 Å². The molecule has 0 saturated heterocycles. The molecular weight excluding hydrogens is 360 g/mol. The van der Waals surface area contributed by atoms with Crippen molar-refractivity contribution in [1.29, 1.82) is 0 Å². The summed E-state index contributed by atoms with van der Waals surface area (Å²) >= 11 is 1.05. The van der Waals surface area contributed by atoms with E-state index in [2.05, 4.69) is 15.5 Å². The number of carbonyl (C=O) groups is 1. The number of carbonyl (C=O) groups excluding carboxylic acids is 1. The van der Waals surface area contributed by atoms with E-state index in [0.29, 0.717) is 0 Å². The van der Waals surface area contributed by atoms with Crippen LogP contribution in [0.3, 0.4) is 0 Å². The van der Waals surface area contributed by atoms with E-state index < -0.39 is 5.82 Å². The van der Waals surface area contributed by atoms with Crippen molar-refractivity contribution in [3.63, 3.8) is 0 Å². The summed E-state index contributed by atoms with van der Waals surface area (Å²) in [6.45, 7) is 1.80. The van der Waals surface area contributed by atoms with E-state index in [-0.39, 0.29) is 40.2 Å². The summed E-state index contributed by atoms with van der Waals surface area (Å²) in [6.07, 6.45) is 0. The zero-order chi connectivity index (χ0) is 18.5. The monoisotopic (exact) mass is 375 g/mol. The van der Waals surface area contributed by atoms with E-state index in [9.17, 15) is 13.6 Å². The molecule has 2 aromatic carbocycles. The van der Waals surface area contributed by atoms with Gasteiger partial charge in [0, 0.05) is 0 Å². The summed E-state index contributed by atoms with van der Waals surface area (Å²) in [5.41, 5.74) is 1.01. The molecule has 0 radical (unpaired) electrons. The van der Waals surface area contributed by atoms with E-state index in [4.69, 9.17) is 4.42 Å². The number of halogens is 2. The zero-order valence-electron chi connectivity index (χ0n) is 13.8. The summed E-state index contributed by atoms with van der Waals surface area (Å²) in [4.78, 5) is 12.0. The van der Waals surface area contributed by atoms with Gasteiger partial charge in [0.1, 0.15) is 11.6 Å². The summed E-state index contributed by atoms with van der Waals surface area (Å²) in [6, 6.07) is 11.7. The van der Waals surface area contributed by atoms with Gasteiger partial charge in [-0.2, -0.15) is 0 Å². The normalized spacial score (nSPS) is 12.0. The molecule has 0 saturated carbocycles. The molecule has 0 aliphatic heterocycles. The molecule has 1 aromatic heterocycles. The second-order valence-corrected chi connectivity index (χ2v) is 6.41. The molecule has 134 valence electrons. The van der Waals surface area contributed by atoms with Crippen LogP contribution in [0.5, 0.6) is 0 Å². The second-order valence-electron chi connectivity index (χ2n) is 5.48. The lowest BCUT2D eigenvalue weighted by Gasteiger charge is -2.13. The van der Waals surface area contributed by atoms with Gasteiger partial charge < -0.3 is 9.73 Å². The van der Waals surface area contributed by atoms with Gasteiger partial charge in [0.2, 0.25) is 5.91 Å². The summed E-state index contributed by atoms with van der Waals surface area (Å²) < 4.78 is 32.0. The number of nitrogens with one attached hydrogen (secondary N) is 1. The Morgan fingerprint density at radius 2 is 1.88 bits per heavy atom. The Balaban J connectivity index is 1.55. The number of thioether (sulfide) groups is 1. The topological polar surface area (TPSA) is 68.0 Å². The summed E-state index contributed by atoms with van der Waals surface area (Å²) in [7, 11) is 0. The first-order chi connectivity index (χ1) is 12.5. The highest BCUT2D eigenvalue weighted by atomic mass is 32.2. The van der Waals surface area contributed by atoms with Crippen LogP contribution >= 0.6 is 11.8 Å². The summed E-state index contributed by atoms with van der Waals surface area (Å²) in [5, 5.41) is 10.6. The smallest absolute Gasteiger partial charge is 0.277 e. The molecular formula is C18H15F2N3O2S. The number of amides is 1. The van der Waals surface area contributed by atoms with Gasteiger partial charge in [0.15, 0.2) is 0 Å². The molecule has 5 nitrogen and oxygen atoms in total. The zero-order valence-corrected chi connectivity index (χ0v) is 14.6. The molecule has 1 atom stereocenters. The van der Waals surface area contributed by atoms with Crippen LogP contribution in [-0.2, 0) is 4.79 Å². The first-order valence-corrected chi connectivity index (χ1v) is 8.77. The van der Waals surface area contributed by atoms with Crippen molar-refractivity contribution in [2.75, 3.05) is 5.75 Å². The Morgan fingerprint density at radius 3 is 2.62 bits per heavy atom. The standard InChI is InChI=1S/C18H15F2N3O2S/c1-11(12-6-8-13(19)9-7-12)21-16(24)10-26-18-23-22-17(25-18)14-4-2-3-5-15(14)20/h2-9,11H,10H2,1H3,(H,21,24)/t11-/m1/s1. The van der Waals surface area contributed by atoms with Crippen LogP contribution in [0.2, 0.25) is 0 Å². The molecule has 0 aliphatic rings. The lowest BCUT2D eigenvalue weighted by molar-refractivity contribution is -0.119. The highest BCUT2D eigenvalue weighted by molar-refractivity contribution is 7.99. The van der Waals surface area contributed by atoms with E-state index >= 15 is 0 Å². The van der Waals surface area contributed by atoms with Gasteiger partial charge in [-0.1, -0.05) is 36.0 Å². The van der Waals surface area contributed by atoms with Crippen LogP contribution in [0, 0.1) is 11.6 Å². The van der Waals surface area contributed by atoms with Crippen molar-refractivity contribution < 1.29 is 18.0 Å².